The second kappa shape index (κ2) is 31.0. The molecule has 0 aromatic heterocycles. The Bertz CT molecular complexity index is 2640. The van der Waals surface area contributed by atoms with Gasteiger partial charge in [-0.3, -0.25) is 33.8 Å². The molecule has 18 nitrogen and oxygen atoms in total. The van der Waals surface area contributed by atoms with Gasteiger partial charge in [-0.15, -0.1) is 0 Å². The lowest BCUT2D eigenvalue weighted by Crippen LogP contribution is -2.66. The smallest absolute Gasteiger partial charge is 0.411 e. The molecule has 2 heterocycles. The van der Waals surface area contributed by atoms with E-state index in [9.17, 15) is 43.8 Å². The average molecular weight is 1110 g/mol. The zero-order valence-corrected chi connectivity index (χ0v) is 48.7. The summed E-state index contributed by atoms with van der Waals surface area (Å²) in [5.41, 5.74) is 11.2. The van der Waals surface area contributed by atoms with Gasteiger partial charge in [0.05, 0.1) is 12.1 Å². The molecule has 5 N–H and O–H groups in total. The number of nitrogens with one attached hydrogen (secondary N) is 1. The fourth-order valence-corrected chi connectivity index (χ4v) is 9.45. The summed E-state index contributed by atoms with van der Waals surface area (Å²) < 4.78 is 15.1. The van der Waals surface area contributed by atoms with E-state index in [0.29, 0.717) is 39.0 Å². The van der Waals surface area contributed by atoms with Gasteiger partial charge in [0, 0.05) is 66.1 Å². The van der Waals surface area contributed by atoms with Crippen LogP contribution in [0.4, 0.5) is 9.59 Å². The standard InChI is InChI=1S/C30H41N3O5.C28H39N3O4.C4H6O3/c1-6-11-22-14-10-15-24(18-22)19-25(31-21(2)34)27(35)26-28(36)32(20-23-12-8-7-9-13-23)16-17-33(26)29(37)38-30(3,4)5;1-5-10-20-13-9-14-22(17-20)18-23(29)25(32)24-26(33)30(19-21-11-7-6-8-12-21)15-16-31(24)27(34)35-28(2,3)4;1-3(5)7-4(2)6/h7-10,12-15,18,25-27,35H,6,11,16-17,19-20H2,1-5H3,(H,31,34);6-9,11-14,17,23-25,32H,5,10,15-16,18-19,29H2,1-4H3;1-2H3/t25-,26-,27-;23-,24-,25-;/m00./s1. The Morgan fingerprint density at radius 1 is 0.562 bits per heavy atom. The monoisotopic (exact) mass is 1110 g/mol. The molecule has 4 aromatic rings. The summed E-state index contributed by atoms with van der Waals surface area (Å²) in [7, 11) is 0. The van der Waals surface area contributed by atoms with Crippen LogP contribution >= 0.6 is 0 Å². The molecular weight excluding hydrogens is 1020 g/mol. The van der Waals surface area contributed by atoms with Gasteiger partial charge >= 0.3 is 24.1 Å². The van der Waals surface area contributed by atoms with Crippen molar-refractivity contribution < 1.29 is 58.0 Å². The minimum absolute atomic E-state index is 0.202. The van der Waals surface area contributed by atoms with Gasteiger partial charge in [0.2, 0.25) is 17.7 Å². The zero-order chi connectivity index (χ0) is 59.3. The average Bonchev–Trinajstić information content (AvgIpc) is 3.42. The molecule has 436 valence electrons. The summed E-state index contributed by atoms with van der Waals surface area (Å²) in [5, 5.41) is 25.8. The normalized spacial score (nSPS) is 17.1. The van der Waals surface area contributed by atoms with Gasteiger partial charge in [0.25, 0.3) is 0 Å². The van der Waals surface area contributed by atoms with Crippen molar-refractivity contribution in [2.75, 3.05) is 26.2 Å². The number of ether oxygens (including phenoxy) is 3. The molecule has 2 fully saturated rings. The summed E-state index contributed by atoms with van der Waals surface area (Å²) >= 11 is 0. The number of nitrogens with zero attached hydrogens (tertiary/aromatic N) is 4. The van der Waals surface area contributed by atoms with Crippen LogP contribution in [0.1, 0.15) is 122 Å². The van der Waals surface area contributed by atoms with E-state index in [4.69, 9.17) is 15.2 Å². The highest BCUT2D eigenvalue weighted by molar-refractivity contribution is 5.89. The number of aliphatic hydroxyl groups excluding tert-OH is 2. The summed E-state index contributed by atoms with van der Waals surface area (Å²) in [6.45, 7) is 20.5. The lowest BCUT2D eigenvalue weighted by molar-refractivity contribution is -0.156. The van der Waals surface area contributed by atoms with Crippen LogP contribution in [0.15, 0.2) is 109 Å². The maximum atomic E-state index is 13.8. The number of aliphatic hydroxyl groups is 2. The molecule has 0 saturated carbocycles. The summed E-state index contributed by atoms with van der Waals surface area (Å²) in [4.78, 5) is 91.4. The van der Waals surface area contributed by atoms with Gasteiger partial charge in [-0.05, 0) is 101 Å². The maximum absolute atomic E-state index is 13.8. The second-order valence-corrected chi connectivity index (χ2v) is 22.3. The van der Waals surface area contributed by atoms with Crippen LogP contribution in [0.5, 0.6) is 0 Å². The third-order valence-corrected chi connectivity index (χ3v) is 12.9. The Labute approximate surface area is 472 Å². The first kappa shape index (κ1) is 65.4. The molecule has 5 amide bonds. The number of carbonyl (C=O) groups is 7. The summed E-state index contributed by atoms with van der Waals surface area (Å²) in [6, 6.07) is 31.5. The molecule has 80 heavy (non-hydrogen) atoms. The largest absolute Gasteiger partial charge is 0.444 e. The molecule has 2 aliphatic rings. The molecule has 4 aromatic carbocycles. The van der Waals surface area contributed by atoms with Crippen molar-refractivity contribution in [3.63, 3.8) is 0 Å². The number of esters is 2. The van der Waals surface area contributed by atoms with Gasteiger partial charge in [-0.2, -0.15) is 0 Å². The first-order valence-electron chi connectivity index (χ1n) is 27.6. The summed E-state index contributed by atoms with van der Waals surface area (Å²) in [6.07, 6.45) is 0.739. The number of carbonyl (C=O) groups excluding carboxylic acids is 7. The lowest BCUT2D eigenvalue weighted by Gasteiger charge is -2.44. The Morgan fingerprint density at radius 3 is 1.30 bits per heavy atom. The number of hydrogen-bond donors (Lipinski definition) is 4. The Hall–Kier alpha value is -7.15. The van der Waals surface area contributed by atoms with Crippen LogP contribution in [-0.2, 0) is 77.0 Å². The van der Waals surface area contributed by atoms with Crippen LogP contribution in [0.2, 0.25) is 0 Å². The number of nitrogens with two attached hydrogens (primary N) is 1. The predicted octanol–water partition coefficient (Wildman–Crippen LogP) is 7.31. The fourth-order valence-electron chi connectivity index (χ4n) is 9.45. The van der Waals surface area contributed by atoms with Crippen LogP contribution in [0.25, 0.3) is 0 Å². The first-order chi connectivity index (χ1) is 37.7. The van der Waals surface area contributed by atoms with Gasteiger partial charge in [-0.25, -0.2) is 9.59 Å². The quantitative estimate of drug-likeness (QED) is 0.0462. The third-order valence-electron chi connectivity index (χ3n) is 12.9. The van der Waals surface area contributed by atoms with Crippen LogP contribution < -0.4 is 11.1 Å². The predicted molar refractivity (Wildman–Crippen MR) is 305 cm³/mol. The molecule has 2 aliphatic heterocycles. The van der Waals surface area contributed by atoms with Crippen molar-refractivity contribution in [3.8, 4) is 0 Å². The van der Waals surface area contributed by atoms with Gasteiger partial charge in [0.15, 0.2) is 0 Å². The second-order valence-electron chi connectivity index (χ2n) is 22.3. The molecule has 0 bridgehead atoms. The zero-order valence-electron chi connectivity index (χ0n) is 48.7. The first-order valence-corrected chi connectivity index (χ1v) is 27.6. The van der Waals surface area contributed by atoms with Crippen molar-refractivity contribution in [1.29, 1.82) is 0 Å². The van der Waals surface area contributed by atoms with E-state index < -0.39 is 71.7 Å². The maximum Gasteiger partial charge on any atom is 0.411 e. The number of hydrogen-bond acceptors (Lipinski definition) is 13. The van der Waals surface area contributed by atoms with Crippen LogP contribution in [0, 0.1) is 0 Å². The van der Waals surface area contributed by atoms with E-state index in [1.54, 1.807) is 51.3 Å². The minimum Gasteiger partial charge on any atom is -0.444 e. The van der Waals surface area contributed by atoms with E-state index >= 15 is 0 Å². The van der Waals surface area contributed by atoms with Crippen molar-refractivity contribution in [2.45, 2.75) is 175 Å². The molecule has 6 rings (SSSR count). The SMILES string of the molecule is CC(=O)OC(C)=O.CCCc1cccc(C[C@H](N)[C@H](O)[C@H]2C(=O)N(Cc3ccccc3)CCN2C(=O)OC(C)(C)C)c1.CCCc1cccc(C[C@H](NC(C)=O)[C@H](O)[C@H]2C(=O)N(Cc3ccccc3)CCN2C(=O)OC(C)(C)C)c1. The molecule has 0 radical (unpaired) electrons. The molecule has 0 spiro atoms. The topological polar surface area (TPSA) is 239 Å². The molecule has 0 aliphatic carbocycles. The highest BCUT2D eigenvalue weighted by Gasteiger charge is 2.47. The van der Waals surface area contributed by atoms with E-state index in [1.807, 2.05) is 91.0 Å². The van der Waals surface area contributed by atoms with E-state index in [-0.39, 0.29) is 30.8 Å². The highest BCUT2D eigenvalue weighted by atomic mass is 16.6. The Morgan fingerprint density at radius 2 is 0.938 bits per heavy atom. The van der Waals surface area contributed by atoms with Gasteiger partial charge in [0.1, 0.15) is 29.4 Å². The molecule has 0 unspecified atom stereocenters. The van der Waals surface area contributed by atoms with Gasteiger partial charge in [-0.1, -0.05) is 136 Å². The molecule has 6 atom stereocenters. The highest BCUT2D eigenvalue weighted by Crippen LogP contribution is 2.26. The lowest BCUT2D eigenvalue weighted by atomic mass is 9.92. The van der Waals surface area contributed by atoms with Crippen molar-refractivity contribution in [2.24, 2.45) is 5.73 Å². The summed E-state index contributed by atoms with van der Waals surface area (Å²) in [5.74, 6) is -2.16. The van der Waals surface area contributed by atoms with E-state index in [1.165, 1.54) is 41.7 Å². The number of piperazine rings is 2. The van der Waals surface area contributed by atoms with E-state index in [0.717, 1.165) is 47.9 Å². The minimum atomic E-state index is -1.35. The Kier molecular flexibility index (Phi) is 25.3. The van der Waals surface area contributed by atoms with Crippen LogP contribution in [-0.4, -0.2) is 145 Å². The number of amides is 5. The van der Waals surface area contributed by atoms with Crippen LogP contribution in [0.3, 0.4) is 0 Å². The fraction of sp³-hybridized carbons (Fsp3) is 0.500. The molecule has 18 heteroatoms. The van der Waals surface area contributed by atoms with Crippen molar-refractivity contribution >= 4 is 41.8 Å². The number of aryl methyl sites for hydroxylation is 2. The number of rotatable bonds is 17. The third kappa shape index (κ3) is 21.5. The number of benzene rings is 4. The van der Waals surface area contributed by atoms with Crippen molar-refractivity contribution in [1.82, 2.24) is 24.9 Å². The Balaban J connectivity index is 0.000000308. The molecule has 2 saturated heterocycles. The van der Waals surface area contributed by atoms with Crippen molar-refractivity contribution in [3.05, 3.63) is 143 Å². The molecular formula is C62H86N6O12. The van der Waals surface area contributed by atoms with Gasteiger partial charge < -0.3 is 45.3 Å². The van der Waals surface area contributed by atoms with E-state index in [2.05, 4.69) is 42.1 Å².